The van der Waals surface area contributed by atoms with E-state index in [1.54, 1.807) is 0 Å². The molecule has 1 aliphatic heterocycles. The first-order chi connectivity index (χ1) is 16.5. The molecule has 34 heavy (non-hydrogen) atoms. The molecule has 0 aliphatic carbocycles. The van der Waals surface area contributed by atoms with Crippen molar-refractivity contribution in [2.24, 2.45) is 0 Å². The van der Waals surface area contributed by atoms with Gasteiger partial charge in [0.25, 0.3) is 0 Å². The third-order valence-corrected chi connectivity index (χ3v) is 6.21. The lowest BCUT2D eigenvalue weighted by molar-refractivity contribution is -0.00573. The van der Waals surface area contributed by atoms with Gasteiger partial charge < -0.3 is 19.7 Å². The normalized spacial score (nSPS) is 18.6. The van der Waals surface area contributed by atoms with Crippen LogP contribution in [0, 0.1) is 6.92 Å². The fourth-order valence-corrected chi connectivity index (χ4v) is 4.65. The molecule has 8 heteroatoms. The standard InChI is InChI=1S/C26H32N6O2/c1-17-15-31(16-18(2)34-17)26-30-19(3)24-14-28-22-8-6-20(12-23(22)32(24)26)21-7-9-25(29-13-21)33-11-5-10-27-4/h6-9,12-14,17-18,27H,5,10-11,15-16H2,1-4H3/t17-,18+. The maximum Gasteiger partial charge on any atom is 0.213 e. The summed E-state index contributed by atoms with van der Waals surface area (Å²) in [5.41, 5.74) is 6.08. The minimum absolute atomic E-state index is 0.158. The van der Waals surface area contributed by atoms with Crippen molar-refractivity contribution in [1.82, 2.24) is 24.7 Å². The number of pyridine rings is 1. The average molecular weight is 461 g/mol. The molecule has 8 nitrogen and oxygen atoms in total. The second kappa shape index (κ2) is 9.56. The number of fused-ring (bicyclic) bond motifs is 3. The summed E-state index contributed by atoms with van der Waals surface area (Å²) in [6.45, 7) is 9.47. The van der Waals surface area contributed by atoms with Gasteiger partial charge in [-0.05, 0) is 64.5 Å². The van der Waals surface area contributed by atoms with Crippen LogP contribution in [-0.2, 0) is 4.74 Å². The fraction of sp³-hybridized carbons (Fsp3) is 0.423. The highest BCUT2D eigenvalue weighted by atomic mass is 16.5. The van der Waals surface area contributed by atoms with Gasteiger partial charge in [0.15, 0.2) is 0 Å². The molecule has 0 bridgehead atoms. The first-order valence-electron chi connectivity index (χ1n) is 12.0. The first-order valence-corrected chi connectivity index (χ1v) is 12.0. The van der Waals surface area contributed by atoms with Crippen molar-refractivity contribution >= 4 is 22.5 Å². The van der Waals surface area contributed by atoms with Crippen LogP contribution in [0.2, 0.25) is 0 Å². The summed E-state index contributed by atoms with van der Waals surface area (Å²) in [4.78, 5) is 16.5. The van der Waals surface area contributed by atoms with Crippen molar-refractivity contribution in [3.05, 3.63) is 48.4 Å². The monoisotopic (exact) mass is 460 g/mol. The van der Waals surface area contributed by atoms with E-state index < -0.39 is 0 Å². The summed E-state index contributed by atoms with van der Waals surface area (Å²) in [6.07, 6.45) is 5.05. The minimum Gasteiger partial charge on any atom is -0.478 e. The maximum absolute atomic E-state index is 5.96. The fourth-order valence-electron chi connectivity index (χ4n) is 4.65. The van der Waals surface area contributed by atoms with Crippen LogP contribution < -0.4 is 15.0 Å². The number of aryl methyl sites for hydroxylation is 1. The van der Waals surface area contributed by atoms with Gasteiger partial charge >= 0.3 is 0 Å². The van der Waals surface area contributed by atoms with Crippen molar-refractivity contribution in [2.75, 3.05) is 38.2 Å². The lowest BCUT2D eigenvalue weighted by Crippen LogP contribution is -2.46. The summed E-state index contributed by atoms with van der Waals surface area (Å²) in [6, 6.07) is 10.3. The Balaban J connectivity index is 1.51. The second-order valence-corrected chi connectivity index (χ2v) is 9.03. The predicted molar refractivity (Wildman–Crippen MR) is 135 cm³/mol. The van der Waals surface area contributed by atoms with E-state index in [1.165, 1.54) is 0 Å². The molecule has 5 rings (SSSR count). The summed E-state index contributed by atoms with van der Waals surface area (Å²) in [7, 11) is 1.94. The zero-order valence-corrected chi connectivity index (χ0v) is 20.3. The number of nitrogens with zero attached hydrogens (tertiary/aromatic N) is 5. The Hall–Kier alpha value is -3.23. The van der Waals surface area contributed by atoms with E-state index in [4.69, 9.17) is 19.4 Å². The lowest BCUT2D eigenvalue weighted by Gasteiger charge is -2.35. The van der Waals surface area contributed by atoms with E-state index in [2.05, 4.69) is 57.7 Å². The van der Waals surface area contributed by atoms with Crippen LogP contribution in [0.25, 0.3) is 27.7 Å². The smallest absolute Gasteiger partial charge is 0.213 e. The molecule has 0 amide bonds. The Kier molecular flexibility index (Phi) is 6.34. The summed E-state index contributed by atoms with van der Waals surface area (Å²) < 4.78 is 13.9. The van der Waals surface area contributed by atoms with E-state index in [0.29, 0.717) is 12.5 Å². The first kappa shape index (κ1) is 22.6. The summed E-state index contributed by atoms with van der Waals surface area (Å²) >= 11 is 0. The van der Waals surface area contributed by atoms with Gasteiger partial charge in [-0.25, -0.2) is 9.97 Å². The van der Waals surface area contributed by atoms with Gasteiger partial charge in [0.05, 0.1) is 47.3 Å². The van der Waals surface area contributed by atoms with E-state index in [0.717, 1.165) is 65.4 Å². The number of anilines is 1. The van der Waals surface area contributed by atoms with Crippen LogP contribution >= 0.6 is 0 Å². The van der Waals surface area contributed by atoms with E-state index >= 15 is 0 Å². The number of nitrogens with one attached hydrogen (secondary N) is 1. The topological polar surface area (TPSA) is 76.8 Å². The Morgan fingerprint density at radius 3 is 2.56 bits per heavy atom. The molecular weight excluding hydrogens is 428 g/mol. The Morgan fingerprint density at radius 2 is 1.82 bits per heavy atom. The van der Waals surface area contributed by atoms with Gasteiger partial charge in [-0.3, -0.25) is 9.38 Å². The van der Waals surface area contributed by atoms with E-state index in [1.807, 2.05) is 32.4 Å². The Morgan fingerprint density at radius 1 is 1.03 bits per heavy atom. The van der Waals surface area contributed by atoms with E-state index in [9.17, 15) is 0 Å². The number of morpholine rings is 1. The molecule has 0 saturated carbocycles. The number of hydrogen-bond acceptors (Lipinski definition) is 7. The summed E-state index contributed by atoms with van der Waals surface area (Å²) in [5, 5.41) is 3.12. The molecule has 1 N–H and O–H groups in total. The van der Waals surface area contributed by atoms with Crippen molar-refractivity contribution in [2.45, 2.75) is 39.4 Å². The molecule has 0 spiro atoms. The van der Waals surface area contributed by atoms with Gasteiger partial charge in [-0.15, -0.1) is 0 Å². The molecule has 1 aliphatic rings. The van der Waals surface area contributed by atoms with Crippen LogP contribution in [0.4, 0.5) is 5.95 Å². The molecule has 178 valence electrons. The van der Waals surface area contributed by atoms with E-state index in [-0.39, 0.29) is 12.2 Å². The Bertz CT molecular complexity index is 1280. The van der Waals surface area contributed by atoms with Crippen LogP contribution in [-0.4, -0.2) is 64.8 Å². The molecular formula is C26H32N6O2. The van der Waals surface area contributed by atoms with Crippen LogP contribution in [0.15, 0.2) is 42.7 Å². The quantitative estimate of drug-likeness (QED) is 0.420. The Labute approximate surface area is 199 Å². The molecule has 0 unspecified atom stereocenters. The average Bonchev–Trinajstić information content (AvgIpc) is 3.18. The number of ether oxygens (including phenoxy) is 2. The van der Waals surface area contributed by atoms with Crippen molar-refractivity contribution < 1.29 is 9.47 Å². The van der Waals surface area contributed by atoms with Crippen molar-refractivity contribution in [3.8, 4) is 17.0 Å². The zero-order chi connectivity index (χ0) is 23.7. The molecule has 4 aromatic rings. The van der Waals surface area contributed by atoms with Gasteiger partial charge in [0.1, 0.15) is 0 Å². The third-order valence-electron chi connectivity index (χ3n) is 6.21. The second-order valence-electron chi connectivity index (χ2n) is 9.03. The summed E-state index contributed by atoms with van der Waals surface area (Å²) in [5.74, 6) is 1.59. The molecule has 1 saturated heterocycles. The zero-order valence-electron chi connectivity index (χ0n) is 20.3. The SMILES string of the molecule is CNCCCOc1ccc(-c2ccc3ncc4c(C)nc(N5C[C@@H](C)O[C@@H](C)C5)n4c3c2)cn1. The highest BCUT2D eigenvalue weighted by Crippen LogP contribution is 2.30. The molecule has 1 aromatic carbocycles. The van der Waals surface area contributed by atoms with Crippen LogP contribution in [0.5, 0.6) is 5.88 Å². The van der Waals surface area contributed by atoms with Crippen molar-refractivity contribution in [3.63, 3.8) is 0 Å². The van der Waals surface area contributed by atoms with Crippen LogP contribution in [0.1, 0.15) is 26.0 Å². The van der Waals surface area contributed by atoms with Gasteiger partial charge in [-0.2, -0.15) is 0 Å². The molecule has 4 heterocycles. The maximum atomic E-state index is 5.96. The molecule has 3 aromatic heterocycles. The van der Waals surface area contributed by atoms with Gasteiger partial charge in [0.2, 0.25) is 11.8 Å². The number of aromatic nitrogens is 4. The highest BCUT2D eigenvalue weighted by molar-refractivity contribution is 5.85. The highest BCUT2D eigenvalue weighted by Gasteiger charge is 2.26. The number of benzene rings is 1. The van der Waals surface area contributed by atoms with Gasteiger partial charge in [-0.1, -0.05) is 6.07 Å². The molecule has 0 radical (unpaired) electrons. The molecule has 2 atom stereocenters. The van der Waals surface area contributed by atoms with Crippen LogP contribution in [0.3, 0.4) is 0 Å². The predicted octanol–water partition coefficient (Wildman–Crippen LogP) is 3.85. The van der Waals surface area contributed by atoms with Crippen molar-refractivity contribution in [1.29, 1.82) is 0 Å². The number of hydrogen-bond donors (Lipinski definition) is 1. The largest absolute Gasteiger partial charge is 0.478 e. The third kappa shape index (κ3) is 4.43. The molecule has 1 fully saturated rings. The van der Waals surface area contributed by atoms with Gasteiger partial charge in [0, 0.05) is 30.9 Å². The number of imidazole rings is 1. The minimum atomic E-state index is 0.158. The lowest BCUT2D eigenvalue weighted by atomic mass is 10.1. The number of rotatable bonds is 7.